The molecule has 7 heteroatoms. The van der Waals surface area contributed by atoms with Gasteiger partial charge in [-0.05, 0) is 62.1 Å². The molecule has 0 spiro atoms. The van der Waals surface area contributed by atoms with E-state index in [0.717, 1.165) is 16.6 Å². The van der Waals surface area contributed by atoms with Crippen molar-refractivity contribution in [3.63, 3.8) is 0 Å². The number of nitrogens with zero attached hydrogens (tertiary/aromatic N) is 1. The van der Waals surface area contributed by atoms with Crippen molar-refractivity contribution >= 4 is 21.6 Å². The molecule has 2 saturated carbocycles. The monoisotopic (exact) mass is 380 g/mol. The third-order valence-electron chi connectivity index (χ3n) is 5.62. The minimum atomic E-state index is -3.66. The van der Waals surface area contributed by atoms with Crippen molar-refractivity contribution in [3.8, 4) is 5.75 Å². The average molecular weight is 381 g/mol. The van der Waals surface area contributed by atoms with Crippen LogP contribution in [0.5, 0.6) is 5.75 Å². The van der Waals surface area contributed by atoms with E-state index in [0.29, 0.717) is 36.3 Å². The van der Waals surface area contributed by atoms with Gasteiger partial charge in [-0.25, -0.2) is 12.7 Å². The third-order valence-corrected chi connectivity index (χ3v) is 7.45. The smallest absolute Gasteiger partial charge is 0.246 e. The predicted molar refractivity (Wildman–Crippen MR) is 101 cm³/mol. The molecule has 1 amide bonds. The Morgan fingerprint density at radius 1 is 1.27 bits per heavy atom. The first kappa shape index (κ1) is 19.2. The highest BCUT2D eigenvalue weighted by Crippen LogP contribution is 2.49. The second-order valence-electron chi connectivity index (χ2n) is 7.57. The topological polar surface area (TPSA) is 75.7 Å². The molecule has 3 rings (SSSR count). The molecule has 1 aromatic rings. The number of amides is 1. The molecule has 2 bridgehead atoms. The maximum atomic E-state index is 12.6. The van der Waals surface area contributed by atoms with E-state index in [1.807, 2.05) is 0 Å². The van der Waals surface area contributed by atoms with Gasteiger partial charge in [-0.3, -0.25) is 4.79 Å². The van der Waals surface area contributed by atoms with Gasteiger partial charge in [0.2, 0.25) is 15.9 Å². The number of nitrogens with one attached hydrogen (secondary N) is 1. The van der Waals surface area contributed by atoms with Crippen LogP contribution >= 0.6 is 0 Å². The Morgan fingerprint density at radius 3 is 2.62 bits per heavy atom. The summed E-state index contributed by atoms with van der Waals surface area (Å²) in [5, 5.41) is 2.87. The highest BCUT2D eigenvalue weighted by atomic mass is 32.2. The van der Waals surface area contributed by atoms with Crippen LogP contribution in [0.3, 0.4) is 0 Å². The highest BCUT2D eigenvalue weighted by molar-refractivity contribution is 7.89. The van der Waals surface area contributed by atoms with Crippen LogP contribution < -0.4 is 10.1 Å². The molecule has 144 valence electrons. The van der Waals surface area contributed by atoms with E-state index in [2.05, 4.69) is 5.32 Å². The summed E-state index contributed by atoms with van der Waals surface area (Å²) >= 11 is 0. The lowest BCUT2D eigenvalue weighted by atomic mass is 9.86. The molecule has 2 fully saturated rings. The quantitative estimate of drug-likeness (QED) is 0.789. The lowest BCUT2D eigenvalue weighted by molar-refractivity contribution is -0.117. The Hall–Kier alpha value is -1.60. The standard InChI is InChI=1S/C19H28N2O4S/c1-4-25-17-8-7-16(12-18(17)26(23,24)21(2)3)20-19(22)11-15-10-13-5-6-14(15)9-13/h7-8,12-15H,4-6,9-11H2,1-3H3,(H,20,22). The summed E-state index contributed by atoms with van der Waals surface area (Å²) in [6.45, 7) is 2.17. The predicted octanol–water partition coefficient (Wildman–Crippen LogP) is 3.10. The van der Waals surface area contributed by atoms with Crippen LogP contribution in [0, 0.1) is 17.8 Å². The van der Waals surface area contributed by atoms with E-state index >= 15 is 0 Å². The molecule has 6 nitrogen and oxygen atoms in total. The van der Waals surface area contributed by atoms with Crippen molar-refractivity contribution in [1.29, 1.82) is 0 Å². The molecular formula is C19H28N2O4S. The molecule has 3 unspecified atom stereocenters. The average Bonchev–Trinajstić information content (AvgIpc) is 3.19. The minimum Gasteiger partial charge on any atom is -0.492 e. The molecule has 3 atom stereocenters. The minimum absolute atomic E-state index is 0.0417. The molecule has 26 heavy (non-hydrogen) atoms. The molecule has 0 saturated heterocycles. The van der Waals surface area contributed by atoms with E-state index in [-0.39, 0.29) is 10.8 Å². The van der Waals surface area contributed by atoms with Crippen molar-refractivity contribution in [3.05, 3.63) is 18.2 Å². The number of sulfonamides is 1. The Balaban J connectivity index is 1.74. The van der Waals surface area contributed by atoms with E-state index in [1.54, 1.807) is 19.1 Å². The number of fused-ring (bicyclic) bond motifs is 2. The van der Waals surface area contributed by atoms with Crippen LogP contribution in [0.15, 0.2) is 23.1 Å². The van der Waals surface area contributed by atoms with E-state index in [4.69, 9.17) is 4.74 Å². The van der Waals surface area contributed by atoms with Crippen molar-refractivity contribution in [2.45, 2.75) is 43.9 Å². The Labute approximate surface area is 156 Å². The van der Waals surface area contributed by atoms with E-state index in [9.17, 15) is 13.2 Å². The summed E-state index contributed by atoms with van der Waals surface area (Å²) in [7, 11) is -0.705. The summed E-state index contributed by atoms with van der Waals surface area (Å²) in [5.41, 5.74) is 0.488. The van der Waals surface area contributed by atoms with Crippen molar-refractivity contribution in [2.75, 3.05) is 26.0 Å². The van der Waals surface area contributed by atoms with Crippen molar-refractivity contribution in [2.24, 2.45) is 17.8 Å². The van der Waals surface area contributed by atoms with Gasteiger partial charge < -0.3 is 10.1 Å². The molecule has 2 aliphatic carbocycles. The van der Waals surface area contributed by atoms with Crippen molar-refractivity contribution in [1.82, 2.24) is 4.31 Å². The number of carbonyl (C=O) groups excluding carboxylic acids is 1. The molecule has 1 N–H and O–H groups in total. The first-order valence-corrected chi connectivity index (χ1v) is 10.7. The van der Waals surface area contributed by atoms with Crippen LogP contribution in [-0.4, -0.2) is 39.3 Å². The molecule has 0 radical (unpaired) electrons. The highest BCUT2D eigenvalue weighted by Gasteiger charge is 2.40. The number of rotatable bonds is 7. The van der Waals surface area contributed by atoms with Gasteiger partial charge in [0.25, 0.3) is 0 Å². The lowest BCUT2D eigenvalue weighted by Crippen LogP contribution is -2.23. The summed E-state index contributed by atoms with van der Waals surface area (Å²) in [4.78, 5) is 12.5. The molecule has 1 aromatic carbocycles. The van der Waals surface area contributed by atoms with Gasteiger partial charge in [0.15, 0.2) is 0 Å². The Kier molecular flexibility index (Phi) is 5.58. The van der Waals surface area contributed by atoms with Crippen LogP contribution in [0.25, 0.3) is 0 Å². The van der Waals surface area contributed by atoms with Gasteiger partial charge in [-0.15, -0.1) is 0 Å². The number of hydrogen-bond acceptors (Lipinski definition) is 4. The lowest BCUT2D eigenvalue weighted by Gasteiger charge is -2.21. The fourth-order valence-corrected chi connectivity index (χ4v) is 5.39. The number of hydrogen-bond donors (Lipinski definition) is 1. The number of carbonyl (C=O) groups is 1. The fraction of sp³-hybridized carbons (Fsp3) is 0.632. The van der Waals surface area contributed by atoms with Gasteiger partial charge >= 0.3 is 0 Å². The molecule has 2 aliphatic rings. The van der Waals surface area contributed by atoms with Gasteiger partial charge in [0.1, 0.15) is 10.6 Å². The second kappa shape index (κ2) is 7.56. The number of benzene rings is 1. The summed E-state index contributed by atoms with van der Waals surface area (Å²) in [5.74, 6) is 2.23. The molecule has 0 heterocycles. The van der Waals surface area contributed by atoms with Gasteiger partial charge in [0.05, 0.1) is 6.61 Å². The van der Waals surface area contributed by atoms with Gasteiger partial charge in [-0.2, -0.15) is 0 Å². The van der Waals surface area contributed by atoms with Crippen molar-refractivity contribution < 1.29 is 17.9 Å². The summed E-state index contributed by atoms with van der Waals surface area (Å²) in [6, 6.07) is 4.78. The van der Waals surface area contributed by atoms with Crippen LogP contribution in [-0.2, 0) is 14.8 Å². The molecular weight excluding hydrogens is 352 g/mol. The summed E-state index contributed by atoms with van der Waals surface area (Å²) in [6.07, 6.45) is 5.50. The first-order chi connectivity index (χ1) is 12.3. The van der Waals surface area contributed by atoms with Crippen LogP contribution in [0.1, 0.15) is 39.0 Å². The maximum absolute atomic E-state index is 12.6. The SMILES string of the molecule is CCOc1ccc(NC(=O)CC2CC3CCC2C3)cc1S(=O)(=O)N(C)C. The Morgan fingerprint density at radius 2 is 2.04 bits per heavy atom. The van der Waals surface area contributed by atoms with Gasteiger partial charge in [0, 0.05) is 26.2 Å². The van der Waals surface area contributed by atoms with Crippen LogP contribution in [0.2, 0.25) is 0 Å². The maximum Gasteiger partial charge on any atom is 0.246 e. The van der Waals surface area contributed by atoms with E-state index < -0.39 is 10.0 Å². The second-order valence-corrected chi connectivity index (χ2v) is 9.69. The number of anilines is 1. The normalized spacial score (nSPS) is 24.8. The van der Waals surface area contributed by atoms with E-state index in [1.165, 1.54) is 39.4 Å². The zero-order valence-corrected chi connectivity index (χ0v) is 16.5. The van der Waals surface area contributed by atoms with Gasteiger partial charge in [-0.1, -0.05) is 6.42 Å². The third kappa shape index (κ3) is 3.88. The molecule has 0 aliphatic heterocycles. The Bertz CT molecular complexity index is 776. The molecule has 0 aromatic heterocycles. The summed E-state index contributed by atoms with van der Waals surface area (Å²) < 4.78 is 31.7. The fourth-order valence-electron chi connectivity index (χ4n) is 4.34. The van der Waals surface area contributed by atoms with Crippen LogP contribution in [0.4, 0.5) is 5.69 Å². The zero-order chi connectivity index (χ0) is 18.9. The first-order valence-electron chi connectivity index (χ1n) is 9.30. The largest absolute Gasteiger partial charge is 0.492 e. The number of ether oxygens (including phenoxy) is 1. The zero-order valence-electron chi connectivity index (χ0n) is 15.7.